The number of para-hydroxylation sites is 1. The number of carbonyl (C=O) groups is 2. The number of H-pyrrole nitrogens is 1. The molecule has 0 radical (unpaired) electrons. The average molecular weight is 425 g/mol. The van der Waals surface area contributed by atoms with Gasteiger partial charge in [-0.1, -0.05) is 24.3 Å². The average Bonchev–Trinajstić information content (AvgIpc) is 3.25. The summed E-state index contributed by atoms with van der Waals surface area (Å²) >= 11 is 0. The summed E-state index contributed by atoms with van der Waals surface area (Å²) in [6.45, 7) is -0.0377. The van der Waals surface area contributed by atoms with Crippen LogP contribution < -0.4 is 9.47 Å². The summed E-state index contributed by atoms with van der Waals surface area (Å²) in [6, 6.07) is 10.9. The Balaban J connectivity index is 1.56. The smallest absolute Gasteiger partial charge is 0.395 e. The number of aromatic nitrogens is 1. The fraction of sp³-hybridized carbons (Fsp3) is 0.273. The first-order valence-corrected chi connectivity index (χ1v) is 9.88. The van der Waals surface area contributed by atoms with Crippen molar-refractivity contribution in [1.29, 1.82) is 0 Å². The second-order valence-electron chi connectivity index (χ2n) is 8.05. The van der Waals surface area contributed by atoms with Crippen molar-refractivity contribution < 1.29 is 27.8 Å². The van der Waals surface area contributed by atoms with Crippen molar-refractivity contribution in [3.63, 3.8) is 0 Å². The van der Waals surface area contributed by atoms with Crippen LogP contribution in [-0.2, 0) is 16.0 Å². The van der Waals surface area contributed by atoms with Gasteiger partial charge in [-0.05, 0) is 29.3 Å². The SMILES string of the molecule is CN1CC(=O)N2C(Cc3c([nH]c4ccccc34)C2c2ccc3c(c2)OC(F)(F)O3)C1=O. The lowest BCUT2D eigenvalue weighted by Gasteiger charge is -2.46. The molecular weight excluding hydrogens is 408 g/mol. The molecule has 2 amide bonds. The van der Waals surface area contributed by atoms with Crippen molar-refractivity contribution in [3.05, 3.63) is 59.3 Å². The fourth-order valence-corrected chi connectivity index (χ4v) is 4.89. The van der Waals surface area contributed by atoms with E-state index in [2.05, 4.69) is 14.5 Å². The number of piperazine rings is 1. The normalized spacial score (nSPS) is 23.8. The van der Waals surface area contributed by atoms with Gasteiger partial charge >= 0.3 is 6.29 Å². The first kappa shape index (κ1) is 18.2. The van der Waals surface area contributed by atoms with E-state index in [1.807, 2.05) is 24.3 Å². The highest BCUT2D eigenvalue weighted by Gasteiger charge is 2.48. The molecule has 3 aliphatic heterocycles. The number of nitrogens with zero attached hydrogens (tertiary/aromatic N) is 2. The standard InChI is InChI=1S/C22H17F2N3O4/c1-26-10-18(28)27-15(21(26)29)9-13-12-4-2-3-5-14(12)25-19(13)20(27)11-6-7-16-17(8-11)31-22(23,24)30-16/h2-8,15,20,25H,9-10H2,1H3. The zero-order chi connectivity index (χ0) is 21.5. The van der Waals surface area contributed by atoms with E-state index >= 15 is 0 Å². The maximum absolute atomic E-state index is 13.5. The van der Waals surface area contributed by atoms with Gasteiger partial charge < -0.3 is 24.3 Å². The number of aromatic amines is 1. The summed E-state index contributed by atoms with van der Waals surface area (Å²) in [6.07, 6.45) is -3.35. The van der Waals surface area contributed by atoms with E-state index in [1.165, 1.54) is 17.0 Å². The second kappa shape index (κ2) is 5.96. The van der Waals surface area contributed by atoms with E-state index in [0.717, 1.165) is 22.2 Å². The molecule has 2 unspecified atom stereocenters. The lowest BCUT2D eigenvalue weighted by Crippen LogP contribution is -2.62. The van der Waals surface area contributed by atoms with Gasteiger partial charge in [0.1, 0.15) is 6.04 Å². The molecule has 7 nitrogen and oxygen atoms in total. The van der Waals surface area contributed by atoms with Crippen molar-refractivity contribution in [2.24, 2.45) is 0 Å². The lowest BCUT2D eigenvalue weighted by atomic mass is 9.86. The highest BCUT2D eigenvalue weighted by Crippen LogP contribution is 2.46. The Hall–Kier alpha value is -3.62. The molecule has 0 spiro atoms. The molecule has 4 heterocycles. The van der Waals surface area contributed by atoms with Gasteiger partial charge in [0.05, 0.1) is 12.6 Å². The molecule has 2 atom stereocenters. The number of alkyl halides is 2. The van der Waals surface area contributed by atoms with Crippen LogP contribution in [0.3, 0.4) is 0 Å². The van der Waals surface area contributed by atoms with E-state index in [0.29, 0.717) is 12.0 Å². The predicted octanol–water partition coefficient (Wildman–Crippen LogP) is 2.80. The number of halogens is 2. The van der Waals surface area contributed by atoms with Gasteiger partial charge in [-0.2, -0.15) is 0 Å². The zero-order valence-corrected chi connectivity index (χ0v) is 16.4. The van der Waals surface area contributed by atoms with Crippen molar-refractivity contribution in [3.8, 4) is 11.5 Å². The molecule has 158 valence electrons. The van der Waals surface area contributed by atoms with Crippen LogP contribution in [0.1, 0.15) is 22.9 Å². The highest BCUT2D eigenvalue weighted by molar-refractivity contribution is 5.97. The molecule has 9 heteroatoms. The van der Waals surface area contributed by atoms with E-state index < -0.39 is 18.4 Å². The first-order chi connectivity index (χ1) is 14.8. The van der Waals surface area contributed by atoms with Crippen LogP contribution >= 0.6 is 0 Å². The van der Waals surface area contributed by atoms with Crippen LogP contribution in [0.2, 0.25) is 0 Å². The predicted molar refractivity (Wildman–Crippen MR) is 105 cm³/mol. The van der Waals surface area contributed by atoms with Crippen molar-refractivity contribution in [2.45, 2.75) is 24.8 Å². The molecule has 0 aliphatic carbocycles. The molecule has 1 aromatic heterocycles. The topological polar surface area (TPSA) is 74.9 Å². The number of carbonyl (C=O) groups excluding carboxylic acids is 2. The van der Waals surface area contributed by atoms with Gasteiger partial charge in [0.2, 0.25) is 11.8 Å². The van der Waals surface area contributed by atoms with E-state index in [4.69, 9.17) is 0 Å². The minimum Gasteiger partial charge on any atom is -0.395 e. The number of rotatable bonds is 1. The summed E-state index contributed by atoms with van der Waals surface area (Å²) in [5.74, 6) is -0.522. The number of benzene rings is 2. The molecule has 2 aromatic carbocycles. The number of likely N-dealkylation sites (N-methyl/N-ethyl adjacent to an activating group) is 1. The summed E-state index contributed by atoms with van der Waals surface area (Å²) in [4.78, 5) is 32.5. The third-order valence-corrected chi connectivity index (χ3v) is 6.19. The molecule has 3 aromatic rings. The maximum atomic E-state index is 13.5. The minimum atomic E-state index is -3.73. The molecule has 31 heavy (non-hydrogen) atoms. The Morgan fingerprint density at radius 2 is 1.87 bits per heavy atom. The van der Waals surface area contributed by atoms with Crippen molar-refractivity contribution in [2.75, 3.05) is 13.6 Å². The summed E-state index contributed by atoms with van der Waals surface area (Å²) in [5, 5.41) is 0.975. The van der Waals surface area contributed by atoms with Crippen LogP contribution in [-0.4, -0.2) is 52.5 Å². The van der Waals surface area contributed by atoms with E-state index in [1.54, 1.807) is 18.0 Å². The Morgan fingerprint density at radius 3 is 2.71 bits per heavy atom. The van der Waals surface area contributed by atoms with E-state index in [-0.39, 0.29) is 29.9 Å². The Labute approximate surface area is 175 Å². The summed E-state index contributed by atoms with van der Waals surface area (Å²) in [7, 11) is 1.61. The molecule has 1 saturated heterocycles. The molecule has 1 fully saturated rings. The second-order valence-corrected chi connectivity index (χ2v) is 8.05. The van der Waals surface area contributed by atoms with Crippen LogP contribution in [0.4, 0.5) is 8.78 Å². The fourth-order valence-electron chi connectivity index (χ4n) is 4.89. The van der Waals surface area contributed by atoms with Gasteiger partial charge in [-0.3, -0.25) is 9.59 Å². The minimum absolute atomic E-state index is 0.0377. The third kappa shape index (κ3) is 2.55. The molecule has 0 bridgehead atoms. The van der Waals surface area contributed by atoms with Crippen LogP contribution in [0, 0.1) is 0 Å². The van der Waals surface area contributed by atoms with Gasteiger partial charge in [-0.15, -0.1) is 8.78 Å². The summed E-state index contributed by atoms with van der Waals surface area (Å²) in [5.41, 5.74) is 3.16. The number of fused-ring (bicyclic) bond motifs is 5. The maximum Gasteiger partial charge on any atom is 0.586 e. The highest BCUT2D eigenvalue weighted by atomic mass is 19.3. The molecular formula is C22H17F2N3O4. The quantitative estimate of drug-likeness (QED) is 0.651. The molecule has 3 aliphatic rings. The Bertz CT molecular complexity index is 1270. The first-order valence-electron chi connectivity index (χ1n) is 9.88. The summed E-state index contributed by atoms with van der Waals surface area (Å²) < 4.78 is 36.2. The van der Waals surface area contributed by atoms with Crippen molar-refractivity contribution in [1.82, 2.24) is 14.8 Å². The third-order valence-electron chi connectivity index (χ3n) is 6.19. The van der Waals surface area contributed by atoms with Gasteiger partial charge in [0.15, 0.2) is 11.5 Å². The Morgan fingerprint density at radius 1 is 1.10 bits per heavy atom. The lowest BCUT2D eigenvalue weighted by molar-refractivity contribution is -0.286. The van der Waals surface area contributed by atoms with Crippen molar-refractivity contribution >= 4 is 22.7 Å². The van der Waals surface area contributed by atoms with Gasteiger partial charge in [0, 0.05) is 30.1 Å². The van der Waals surface area contributed by atoms with Crippen LogP contribution in [0.5, 0.6) is 11.5 Å². The van der Waals surface area contributed by atoms with Crippen LogP contribution in [0.15, 0.2) is 42.5 Å². The monoisotopic (exact) mass is 425 g/mol. The van der Waals surface area contributed by atoms with Gasteiger partial charge in [-0.25, -0.2) is 0 Å². The molecule has 0 saturated carbocycles. The number of nitrogens with one attached hydrogen (secondary N) is 1. The largest absolute Gasteiger partial charge is 0.586 e. The number of ether oxygens (including phenoxy) is 2. The Kier molecular flexibility index (Phi) is 3.50. The zero-order valence-electron chi connectivity index (χ0n) is 16.4. The number of hydrogen-bond donors (Lipinski definition) is 1. The number of hydrogen-bond acceptors (Lipinski definition) is 4. The number of amides is 2. The van der Waals surface area contributed by atoms with Gasteiger partial charge in [0.25, 0.3) is 0 Å². The molecule has 1 N–H and O–H groups in total. The van der Waals surface area contributed by atoms with E-state index in [9.17, 15) is 18.4 Å². The molecule has 6 rings (SSSR count). The van der Waals surface area contributed by atoms with Crippen LogP contribution in [0.25, 0.3) is 10.9 Å².